The number of aromatic hydroxyl groups is 2. The third kappa shape index (κ3) is 2.25. The summed E-state index contributed by atoms with van der Waals surface area (Å²) in [5.74, 6) is 1.44. The van der Waals surface area contributed by atoms with Crippen LogP contribution in [-0.2, 0) is 4.74 Å². The van der Waals surface area contributed by atoms with E-state index in [4.69, 9.17) is 9.47 Å². The highest BCUT2D eigenvalue weighted by molar-refractivity contribution is 5.56. The zero-order chi connectivity index (χ0) is 17.0. The van der Waals surface area contributed by atoms with E-state index < -0.39 is 0 Å². The summed E-state index contributed by atoms with van der Waals surface area (Å²) in [5.41, 5.74) is 4.17. The maximum atomic E-state index is 10.3. The maximum Gasteiger partial charge on any atom is 0.130 e. The summed E-state index contributed by atoms with van der Waals surface area (Å²) >= 11 is 0. The monoisotopic (exact) mass is 326 g/mol. The molecule has 0 spiro atoms. The van der Waals surface area contributed by atoms with Crippen molar-refractivity contribution in [3.05, 3.63) is 52.6 Å². The van der Waals surface area contributed by atoms with Crippen LogP contribution in [0.4, 0.5) is 0 Å². The summed E-state index contributed by atoms with van der Waals surface area (Å²) in [5, 5.41) is 19.8. The van der Waals surface area contributed by atoms with E-state index in [0.717, 1.165) is 28.7 Å². The van der Waals surface area contributed by atoms with Crippen LogP contribution in [0.3, 0.4) is 0 Å². The second-order valence-electron chi connectivity index (χ2n) is 6.90. The fourth-order valence-electron chi connectivity index (χ4n) is 3.94. The highest BCUT2D eigenvalue weighted by Gasteiger charge is 2.40. The molecule has 4 heteroatoms. The van der Waals surface area contributed by atoms with E-state index in [0.29, 0.717) is 5.75 Å². The third-order valence-electron chi connectivity index (χ3n) is 5.43. The Morgan fingerprint density at radius 3 is 2.42 bits per heavy atom. The summed E-state index contributed by atoms with van der Waals surface area (Å²) in [7, 11) is 0. The van der Waals surface area contributed by atoms with Crippen LogP contribution < -0.4 is 4.74 Å². The van der Waals surface area contributed by atoms with Crippen molar-refractivity contribution in [1.82, 2.24) is 0 Å². The van der Waals surface area contributed by atoms with Gasteiger partial charge in [0.05, 0.1) is 12.2 Å². The average molecular weight is 326 g/mol. The van der Waals surface area contributed by atoms with E-state index in [2.05, 4.69) is 13.8 Å². The number of ether oxygens (including phenoxy) is 2. The lowest BCUT2D eigenvalue weighted by molar-refractivity contribution is -0.0622. The van der Waals surface area contributed by atoms with Gasteiger partial charge in [-0.15, -0.1) is 0 Å². The van der Waals surface area contributed by atoms with Gasteiger partial charge >= 0.3 is 0 Å². The minimum Gasteiger partial charge on any atom is -0.508 e. The summed E-state index contributed by atoms with van der Waals surface area (Å²) in [4.78, 5) is 0. The zero-order valence-corrected chi connectivity index (χ0v) is 14.1. The zero-order valence-electron chi connectivity index (χ0n) is 14.1. The van der Waals surface area contributed by atoms with E-state index in [1.54, 1.807) is 18.2 Å². The van der Waals surface area contributed by atoms with Crippen molar-refractivity contribution in [2.75, 3.05) is 0 Å². The van der Waals surface area contributed by atoms with Crippen molar-refractivity contribution < 1.29 is 19.7 Å². The van der Waals surface area contributed by atoms with Crippen molar-refractivity contribution in [2.24, 2.45) is 0 Å². The summed E-state index contributed by atoms with van der Waals surface area (Å²) < 4.78 is 12.5. The molecule has 0 bridgehead atoms. The van der Waals surface area contributed by atoms with Gasteiger partial charge in [0.1, 0.15) is 23.4 Å². The van der Waals surface area contributed by atoms with Crippen molar-refractivity contribution in [2.45, 2.75) is 51.4 Å². The normalized spacial score (nSPS) is 28.1. The Morgan fingerprint density at radius 2 is 1.71 bits per heavy atom. The standard InChI is InChI=1S/C20H22O4/c1-10-12(3)23-18-9-16(13-4-6-14(21)7-5-13)24-17-8-15(22)11(2)19(10)20(17)18/h4-8,10,12,16,18,21-22H,9H2,1-3H3/t10-,12-,16-,18-/m1/s1. The summed E-state index contributed by atoms with van der Waals surface area (Å²) in [6.45, 7) is 6.18. The molecule has 0 aliphatic carbocycles. The smallest absolute Gasteiger partial charge is 0.130 e. The molecule has 2 aromatic carbocycles. The van der Waals surface area contributed by atoms with E-state index in [1.807, 2.05) is 19.1 Å². The molecule has 4 nitrogen and oxygen atoms in total. The molecule has 0 fully saturated rings. The molecular formula is C20H22O4. The van der Waals surface area contributed by atoms with Gasteiger partial charge in [-0.25, -0.2) is 0 Å². The molecular weight excluding hydrogens is 304 g/mol. The molecule has 24 heavy (non-hydrogen) atoms. The predicted octanol–water partition coefficient (Wildman–Crippen LogP) is 4.49. The van der Waals surface area contributed by atoms with Crippen LogP contribution in [0.5, 0.6) is 17.2 Å². The second-order valence-corrected chi connectivity index (χ2v) is 6.90. The molecule has 0 amide bonds. The first kappa shape index (κ1) is 15.3. The SMILES string of the molecule is Cc1c(O)cc2c3c1[C@H](C)[C@@H](C)O[C@@H]3C[C@H](c1ccc(O)cc1)O2. The van der Waals surface area contributed by atoms with E-state index in [-0.39, 0.29) is 35.7 Å². The highest BCUT2D eigenvalue weighted by Crippen LogP contribution is 2.53. The van der Waals surface area contributed by atoms with Crippen LogP contribution in [0.15, 0.2) is 30.3 Å². The van der Waals surface area contributed by atoms with Crippen LogP contribution >= 0.6 is 0 Å². The first-order chi connectivity index (χ1) is 11.5. The minimum atomic E-state index is -0.154. The highest BCUT2D eigenvalue weighted by atomic mass is 16.5. The number of phenols is 2. The average Bonchev–Trinajstić information content (AvgIpc) is 2.55. The summed E-state index contributed by atoms with van der Waals surface area (Å²) in [6.07, 6.45) is 0.632. The van der Waals surface area contributed by atoms with Crippen LogP contribution in [0.2, 0.25) is 0 Å². The number of phenolic OH excluding ortho intramolecular Hbond substituents is 2. The van der Waals surface area contributed by atoms with E-state index in [1.165, 1.54) is 0 Å². The molecule has 4 atom stereocenters. The molecule has 126 valence electrons. The van der Waals surface area contributed by atoms with Crippen molar-refractivity contribution in [1.29, 1.82) is 0 Å². The Bertz CT molecular complexity index is 781. The molecule has 2 N–H and O–H groups in total. The van der Waals surface area contributed by atoms with Crippen LogP contribution in [0.1, 0.15) is 60.6 Å². The van der Waals surface area contributed by atoms with Crippen LogP contribution in [-0.4, -0.2) is 16.3 Å². The second kappa shape index (κ2) is 5.42. The molecule has 2 aromatic rings. The topological polar surface area (TPSA) is 58.9 Å². The molecule has 4 rings (SSSR count). The van der Waals surface area contributed by atoms with Crippen molar-refractivity contribution in [3.63, 3.8) is 0 Å². The number of benzene rings is 2. The van der Waals surface area contributed by atoms with E-state index in [9.17, 15) is 10.2 Å². The summed E-state index contributed by atoms with van der Waals surface area (Å²) in [6, 6.07) is 8.78. The number of rotatable bonds is 1. The molecule has 2 aliphatic heterocycles. The van der Waals surface area contributed by atoms with Gasteiger partial charge in [-0.1, -0.05) is 19.1 Å². The third-order valence-corrected chi connectivity index (χ3v) is 5.43. The fraction of sp³-hybridized carbons (Fsp3) is 0.400. The van der Waals surface area contributed by atoms with Crippen molar-refractivity contribution in [3.8, 4) is 17.2 Å². The van der Waals surface area contributed by atoms with Gasteiger partial charge in [0.2, 0.25) is 0 Å². The first-order valence-corrected chi connectivity index (χ1v) is 8.43. The Balaban J connectivity index is 1.81. The Labute approximate surface area is 141 Å². The Morgan fingerprint density at radius 1 is 1.00 bits per heavy atom. The quantitative estimate of drug-likeness (QED) is 0.810. The van der Waals surface area contributed by atoms with Crippen LogP contribution in [0, 0.1) is 6.92 Å². The van der Waals surface area contributed by atoms with Gasteiger partial charge < -0.3 is 19.7 Å². The van der Waals surface area contributed by atoms with Gasteiger partial charge in [-0.05, 0) is 42.7 Å². The van der Waals surface area contributed by atoms with Gasteiger partial charge in [0, 0.05) is 24.0 Å². The maximum absolute atomic E-state index is 10.3. The minimum absolute atomic E-state index is 0.0342. The Kier molecular flexibility index (Phi) is 3.46. The molecule has 2 aliphatic rings. The van der Waals surface area contributed by atoms with Gasteiger partial charge in [-0.2, -0.15) is 0 Å². The van der Waals surface area contributed by atoms with Gasteiger partial charge in [-0.3, -0.25) is 0 Å². The number of hydrogen-bond acceptors (Lipinski definition) is 4. The molecule has 2 heterocycles. The molecule has 0 unspecified atom stereocenters. The molecule has 0 saturated heterocycles. The van der Waals surface area contributed by atoms with E-state index >= 15 is 0 Å². The molecule has 0 radical (unpaired) electrons. The Hall–Kier alpha value is -2.20. The van der Waals surface area contributed by atoms with Crippen molar-refractivity contribution >= 4 is 0 Å². The first-order valence-electron chi connectivity index (χ1n) is 8.43. The number of hydrogen-bond donors (Lipinski definition) is 2. The van der Waals surface area contributed by atoms with Crippen LogP contribution in [0.25, 0.3) is 0 Å². The lowest BCUT2D eigenvalue weighted by atomic mass is 9.80. The largest absolute Gasteiger partial charge is 0.508 e. The van der Waals surface area contributed by atoms with Gasteiger partial charge in [0.25, 0.3) is 0 Å². The van der Waals surface area contributed by atoms with Gasteiger partial charge in [0.15, 0.2) is 0 Å². The molecule has 0 aromatic heterocycles. The fourth-order valence-corrected chi connectivity index (χ4v) is 3.94. The lowest BCUT2D eigenvalue weighted by Gasteiger charge is -2.42. The predicted molar refractivity (Wildman–Crippen MR) is 90.6 cm³/mol. The molecule has 0 saturated carbocycles. The lowest BCUT2D eigenvalue weighted by Crippen LogP contribution is -2.32.